The molecular weight excluding hydrogens is 457 g/mol. The zero-order valence-electron chi connectivity index (χ0n) is 21.0. The van der Waals surface area contributed by atoms with Crippen LogP contribution < -0.4 is 10.0 Å². The highest BCUT2D eigenvalue weighted by Crippen LogP contribution is 2.46. The molecule has 1 N–H and O–H groups in total. The quantitative estimate of drug-likeness (QED) is 0.415. The zero-order valence-corrected chi connectivity index (χ0v) is 22.2. The molecule has 2 fully saturated rings. The summed E-state index contributed by atoms with van der Waals surface area (Å²) in [7, 11) is 6.81. The number of piperidine rings is 1. The molecule has 0 amide bonds. The number of aromatic nitrogens is 1. The van der Waals surface area contributed by atoms with Crippen LogP contribution in [0, 0.1) is 11.3 Å². The highest BCUT2D eigenvalue weighted by molar-refractivity contribution is 7.27. The molecule has 0 bridgehead atoms. The van der Waals surface area contributed by atoms with Gasteiger partial charge < -0.3 is 24.2 Å². The third kappa shape index (κ3) is 5.89. The second kappa shape index (κ2) is 10.6. The minimum absolute atomic E-state index is 0.220. The molecule has 6 nitrogen and oxygen atoms in total. The van der Waals surface area contributed by atoms with E-state index in [1.807, 2.05) is 24.3 Å². The molecule has 1 atom stereocenters. The number of hydrogen-bond donors (Lipinski definition) is 1. The minimum Gasteiger partial charge on any atom is -0.457 e. The van der Waals surface area contributed by atoms with Gasteiger partial charge in [0.15, 0.2) is 5.58 Å². The first-order chi connectivity index (χ1) is 16.9. The van der Waals surface area contributed by atoms with Crippen molar-refractivity contribution >= 4 is 25.5 Å². The molecule has 2 aliphatic rings. The molecule has 1 saturated heterocycles. The number of aliphatic hydroxyl groups is 1. The summed E-state index contributed by atoms with van der Waals surface area (Å²) in [5, 5.41) is 16.4. The molecule has 1 saturated carbocycles. The summed E-state index contributed by atoms with van der Waals surface area (Å²) in [5.74, 6) is 2.35. The number of likely N-dealkylation sites (tertiary alicyclic amines) is 1. The molecule has 188 valence electrons. The predicted octanol–water partition coefficient (Wildman–Crippen LogP) is 4.60. The van der Waals surface area contributed by atoms with Crippen molar-refractivity contribution in [1.82, 2.24) is 15.0 Å². The lowest BCUT2D eigenvalue weighted by Crippen LogP contribution is -2.38. The molecule has 2 aromatic carbocycles. The summed E-state index contributed by atoms with van der Waals surface area (Å²) in [5.41, 5.74) is 3.14. The number of rotatable bonds is 10. The van der Waals surface area contributed by atoms with Gasteiger partial charge in [-0.1, -0.05) is 17.3 Å². The van der Waals surface area contributed by atoms with Crippen molar-refractivity contribution in [3.8, 4) is 11.5 Å². The summed E-state index contributed by atoms with van der Waals surface area (Å²) >= 11 is 0. The first-order valence-corrected chi connectivity index (χ1v) is 13.4. The van der Waals surface area contributed by atoms with E-state index in [1.165, 1.54) is 25.7 Å². The van der Waals surface area contributed by atoms with Gasteiger partial charge in [-0.05, 0) is 101 Å². The van der Waals surface area contributed by atoms with Gasteiger partial charge in [0.25, 0.3) is 0 Å². The van der Waals surface area contributed by atoms with Crippen LogP contribution in [0.15, 0.2) is 40.9 Å². The fraction of sp³-hybridized carbons (Fsp3) is 0.536. The van der Waals surface area contributed by atoms with Gasteiger partial charge in [0.1, 0.15) is 11.5 Å². The lowest BCUT2D eigenvalue weighted by molar-refractivity contribution is 0.115. The van der Waals surface area contributed by atoms with Gasteiger partial charge in [0.2, 0.25) is 0 Å². The maximum atomic E-state index is 9.63. The van der Waals surface area contributed by atoms with E-state index in [-0.39, 0.29) is 5.41 Å². The Balaban J connectivity index is 1.25. The van der Waals surface area contributed by atoms with Crippen molar-refractivity contribution in [1.29, 1.82) is 0 Å². The maximum Gasteiger partial charge on any atom is 0.175 e. The highest BCUT2D eigenvalue weighted by Gasteiger charge is 2.43. The third-order valence-corrected chi connectivity index (χ3v) is 8.09. The minimum atomic E-state index is 0.220. The van der Waals surface area contributed by atoms with E-state index in [0.29, 0.717) is 6.61 Å². The molecule has 2 heterocycles. The molecule has 1 aromatic heterocycles. The lowest BCUT2D eigenvalue weighted by atomic mass is 9.90. The maximum absolute atomic E-state index is 9.63. The van der Waals surface area contributed by atoms with E-state index in [9.17, 15) is 5.11 Å². The average molecular weight is 496 g/mol. The Hall–Kier alpha value is -1.98. The Morgan fingerprint density at radius 2 is 1.89 bits per heavy atom. The lowest BCUT2D eigenvalue weighted by Gasteiger charge is -2.34. The normalized spacial score (nSPS) is 18.4. The van der Waals surface area contributed by atoms with E-state index in [1.54, 1.807) is 0 Å². The van der Waals surface area contributed by atoms with E-state index in [0.717, 1.165) is 84.0 Å². The fourth-order valence-electron chi connectivity index (χ4n) is 5.29. The summed E-state index contributed by atoms with van der Waals surface area (Å²) < 4.78 is 12.2. The SMILES string of the molecule is CN(C)Cc1c(Oc2ccc(P)cc2)ccc2c(CCC3CCN(CC4(CO)CC4)CC3)noc12. The third-order valence-electron chi connectivity index (χ3n) is 7.71. The number of aliphatic hydroxyl groups excluding tert-OH is 1. The van der Waals surface area contributed by atoms with Gasteiger partial charge in [-0.3, -0.25) is 0 Å². The number of ether oxygens (including phenoxy) is 1. The molecule has 3 aromatic rings. The Labute approximate surface area is 210 Å². The van der Waals surface area contributed by atoms with E-state index < -0.39 is 0 Å². The number of hydrogen-bond acceptors (Lipinski definition) is 6. The molecule has 1 unspecified atom stereocenters. The number of benzene rings is 2. The smallest absolute Gasteiger partial charge is 0.175 e. The first kappa shape index (κ1) is 24.7. The summed E-state index contributed by atoms with van der Waals surface area (Å²) in [6.45, 7) is 4.44. The molecule has 1 aliphatic carbocycles. The van der Waals surface area contributed by atoms with Crippen molar-refractivity contribution in [2.45, 2.75) is 45.1 Å². The topological polar surface area (TPSA) is 62.0 Å². The van der Waals surface area contributed by atoms with Crippen molar-refractivity contribution < 1.29 is 14.4 Å². The summed E-state index contributed by atoms with van der Waals surface area (Å²) in [4.78, 5) is 4.69. The van der Waals surface area contributed by atoms with Crippen LogP contribution in [0.5, 0.6) is 11.5 Å². The molecule has 1 aliphatic heterocycles. The van der Waals surface area contributed by atoms with Crippen LogP contribution in [0.3, 0.4) is 0 Å². The van der Waals surface area contributed by atoms with Crippen molar-refractivity contribution in [2.24, 2.45) is 11.3 Å². The number of fused-ring (bicyclic) bond motifs is 1. The molecule has 35 heavy (non-hydrogen) atoms. The van der Waals surface area contributed by atoms with E-state index >= 15 is 0 Å². The monoisotopic (exact) mass is 495 g/mol. The summed E-state index contributed by atoms with van der Waals surface area (Å²) in [6.07, 6.45) is 6.93. The standard InChI is InChI=1S/C28H38N3O3P/c1-30(2)17-24-26(33-21-4-6-22(35)7-5-21)10-8-23-25(29-34-27(23)24)9-3-20-11-15-31(16-12-20)18-28(19-32)13-14-28/h4-8,10,20,32H,3,9,11-19,35H2,1-2H3. The van der Waals surface area contributed by atoms with Gasteiger partial charge in [-0.15, -0.1) is 9.24 Å². The largest absolute Gasteiger partial charge is 0.457 e. The van der Waals surface area contributed by atoms with Crippen LogP contribution in [0.4, 0.5) is 0 Å². The molecule has 0 radical (unpaired) electrons. The van der Waals surface area contributed by atoms with Gasteiger partial charge in [0.05, 0.1) is 11.3 Å². The predicted molar refractivity (Wildman–Crippen MR) is 143 cm³/mol. The Kier molecular flexibility index (Phi) is 7.45. The Bertz CT molecular complexity index is 1130. The highest BCUT2D eigenvalue weighted by atomic mass is 31.0. The van der Waals surface area contributed by atoms with Crippen molar-refractivity contribution in [3.05, 3.63) is 47.7 Å². The second-order valence-corrected chi connectivity index (χ2v) is 11.5. The second-order valence-electron chi connectivity index (χ2n) is 10.9. The van der Waals surface area contributed by atoms with Crippen molar-refractivity contribution in [3.63, 3.8) is 0 Å². The van der Waals surface area contributed by atoms with Crippen LogP contribution in [0.1, 0.15) is 43.4 Å². The van der Waals surface area contributed by atoms with Gasteiger partial charge in [-0.25, -0.2) is 0 Å². The Morgan fingerprint density at radius 1 is 1.14 bits per heavy atom. The van der Waals surface area contributed by atoms with Crippen molar-refractivity contribution in [2.75, 3.05) is 40.3 Å². The van der Waals surface area contributed by atoms with Gasteiger partial charge >= 0.3 is 0 Å². The first-order valence-electron chi connectivity index (χ1n) is 12.9. The molecule has 0 spiro atoms. The average Bonchev–Trinajstić information content (AvgIpc) is 3.50. The number of nitrogens with zero attached hydrogens (tertiary/aromatic N) is 3. The van der Waals surface area contributed by atoms with Crippen LogP contribution >= 0.6 is 9.24 Å². The van der Waals surface area contributed by atoms with Crippen LogP contribution in [-0.4, -0.2) is 60.4 Å². The van der Waals surface area contributed by atoms with E-state index in [2.05, 4.69) is 50.4 Å². The summed E-state index contributed by atoms with van der Waals surface area (Å²) in [6, 6.07) is 12.2. The Morgan fingerprint density at radius 3 is 2.54 bits per heavy atom. The zero-order chi connectivity index (χ0) is 24.4. The van der Waals surface area contributed by atoms with Crippen LogP contribution in [0.25, 0.3) is 11.0 Å². The van der Waals surface area contributed by atoms with Crippen LogP contribution in [0.2, 0.25) is 0 Å². The fourth-order valence-corrected chi connectivity index (χ4v) is 5.48. The van der Waals surface area contributed by atoms with Crippen LogP contribution in [-0.2, 0) is 13.0 Å². The molecular formula is C28H38N3O3P. The van der Waals surface area contributed by atoms with Gasteiger partial charge in [0, 0.05) is 30.5 Å². The molecule has 7 heteroatoms. The van der Waals surface area contributed by atoms with Gasteiger partial charge in [-0.2, -0.15) is 0 Å². The van der Waals surface area contributed by atoms with E-state index in [4.69, 9.17) is 9.26 Å². The number of aryl methyl sites for hydroxylation is 1. The molecule has 5 rings (SSSR count).